The van der Waals surface area contributed by atoms with Gasteiger partial charge in [0, 0.05) is 6.04 Å². The topological polar surface area (TPSA) is 45.2 Å². The van der Waals surface area contributed by atoms with Crippen LogP contribution in [-0.2, 0) is 0 Å². The number of carbonyl (C=O) groups excluding carboxylic acids is 1. The molecule has 0 radical (unpaired) electrons. The summed E-state index contributed by atoms with van der Waals surface area (Å²) in [6.45, 7) is 4.40. The molecule has 0 fully saturated rings. The van der Waals surface area contributed by atoms with Crippen molar-refractivity contribution in [2.45, 2.75) is 19.9 Å². The van der Waals surface area contributed by atoms with Crippen LogP contribution in [0.25, 0.3) is 0 Å². The predicted molar refractivity (Wildman–Crippen MR) is 54.1 cm³/mol. The Kier molecular flexibility index (Phi) is 2.30. The number of amides is 1. The van der Waals surface area contributed by atoms with Gasteiger partial charge in [-0.05, 0) is 19.9 Å². The lowest BCUT2D eigenvalue weighted by Crippen LogP contribution is -2.47. The zero-order chi connectivity index (χ0) is 11.0. The van der Waals surface area contributed by atoms with Gasteiger partial charge in [-0.3, -0.25) is 4.79 Å². The molecule has 0 aromatic carbocycles. The maximum absolute atomic E-state index is 12.9. The normalized spacial score (nSPS) is 15.2. The predicted octanol–water partition coefficient (Wildman–Crippen LogP) is 1.14. The third-order valence-electron chi connectivity index (χ3n) is 2.38. The minimum atomic E-state index is -0.491. The Hall–Kier alpha value is -1.65. The van der Waals surface area contributed by atoms with Crippen molar-refractivity contribution in [1.29, 1.82) is 0 Å². The molecule has 80 valence electrons. The molecule has 0 aliphatic carbocycles. The molecule has 0 saturated heterocycles. The Morgan fingerprint density at radius 2 is 2.33 bits per heavy atom. The van der Waals surface area contributed by atoms with Gasteiger partial charge in [-0.25, -0.2) is 9.37 Å². The molecule has 0 spiro atoms. The van der Waals surface area contributed by atoms with Crippen molar-refractivity contribution in [3.63, 3.8) is 0 Å². The molecule has 1 aromatic rings. The molecule has 0 unspecified atom stereocenters. The van der Waals surface area contributed by atoms with E-state index in [9.17, 15) is 9.18 Å². The number of hydrogen-bond donors (Lipinski definition) is 1. The summed E-state index contributed by atoms with van der Waals surface area (Å²) in [5.74, 6) is -0.210. The number of nitrogens with one attached hydrogen (secondary N) is 1. The third-order valence-corrected chi connectivity index (χ3v) is 2.38. The fourth-order valence-electron chi connectivity index (χ4n) is 1.58. The molecule has 0 saturated carbocycles. The van der Waals surface area contributed by atoms with Gasteiger partial charge in [0.2, 0.25) is 0 Å². The van der Waals surface area contributed by atoms with E-state index in [4.69, 9.17) is 0 Å². The molecule has 4 nitrogen and oxygen atoms in total. The summed E-state index contributed by atoms with van der Waals surface area (Å²) in [4.78, 5) is 17.3. The maximum atomic E-state index is 12.9. The first-order valence-electron chi connectivity index (χ1n) is 4.80. The summed E-state index contributed by atoms with van der Waals surface area (Å²) in [5, 5.41) is 2.68. The molecule has 1 amide bonds. The molecule has 0 bridgehead atoms. The first-order valence-corrected chi connectivity index (χ1v) is 4.80. The van der Waals surface area contributed by atoms with Crippen LogP contribution in [0.15, 0.2) is 12.3 Å². The molecule has 1 aliphatic heterocycles. The molecule has 2 rings (SSSR count). The van der Waals surface area contributed by atoms with Crippen LogP contribution < -0.4 is 10.2 Å². The fraction of sp³-hybridized carbons (Fsp3) is 0.400. The van der Waals surface area contributed by atoms with Crippen LogP contribution in [0.2, 0.25) is 0 Å². The second-order valence-electron chi connectivity index (χ2n) is 3.75. The molecule has 5 heteroatoms. The van der Waals surface area contributed by atoms with Gasteiger partial charge in [0.1, 0.15) is 11.6 Å². The van der Waals surface area contributed by atoms with Crippen LogP contribution in [0.1, 0.15) is 24.2 Å². The smallest absolute Gasteiger partial charge is 0.256 e. The van der Waals surface area contributed by atoms with Crippen molar-refractivity contribution in [2.24, 2.45) is 0 Å². The number of nitrogens with zero attached hydrogens (tertiary/aromatic N) is 2. The van der Waals surface area contributed by atoms with Crippen molar-refractivity contribution in [3.8, 4) is 0 Å². The zero-order valence-electron chi connectivity index (χ0n) is 8.62. The Bertz CT molecular complexity index is 406. The lowest BCUT2D eigenvalue weighted by Gasteiger charge is -2.32. The van der Waals surface area contributed by atoms with Crippen LogP contribution in [0, 0.1) is 5.82 Å². The minimum Gasteiger partial charge on any atom is -0.336 e. The summed E-state index contributed by atoms with van der Waals surface area (Å²) in [6, 6.07) is 1.42. The molecule has 15 heavy (non-hydrogen) atoms. The average molecular weight is 209 g/mol. The van der Waals surface area contributed by atoms with Crippen molar-refractivity contribution >= 4 is 11.7 Å². The monoisotopic (exact) mass is 209 g/mol. The summed E-state index contributed by atoms with van der Waals surface area (Å²) in [5.41, 5.74) is 0.301. The fourth-order valence-corrected chi connectivity index (χ4v) is 1.58. The van der Waals surface area contributed by atoms with Gasteiger partial charge in [0.15, 0.2) is 0 Å². The molecular formula is C10H12FN3O. The van der Waals surface area contributed by atoms with Gasteiger partial charge < -0.3 is 10.2 Å². The number of hydrogen-bond acceptors (Lipinski definition) is 3. The van der Waals surface area contributed by atoms with Gasteiger partial charge in [-0.1, -0.05) is 0 Å². The van der Waals surface area contributed by atoms with E-state index in [1.165, 1.54) is 6.07 Å². The van der Waals surface area contributed by atoms with E-state index in [1.54, 1.807) is 0 Å². The highest BCUT2D eigenvalue weighted by Crippen LogP contribution is 2.22. The van der Waals surface area contributed by atoms with Crippen molar-refractivity contribution in [3.05, 3.63) is 23.6 Å². The number of rotatable bonds is 1. The van der Waals surface area contributed by atoms with Crippen molar-refractivity contribution < 1.29 is 9.18 Å². The summed E-state index contributed by atoms with van der Waals surface area (Å²) in [6.07, 6.45) is 1.13. The second kappa shape index (κ2) is 3.49. The first kappa shape index (κ1) is 9.89. The SMILES string of the molecule is CC(C)N1CNC(=O)c2cc(F)cnc21. The van der Waals surface area contributed by atoms with Crippen LogP contribution in [0.3, 0.4) is 0 Å². The molecule has 0 atom stereocenters. The van der Waals surface area contributed by atoms with Gasteiger partial charge in [-0.2, -0.15) is 0 Å². The van der Waals surface area contributed by atoms with E-state index in [1.807, 2.05) is 18.7 Å². The van der Waals surface area contributed by atoms with Gasteiger partial charge in [-0.15, -0.1) is 0 Å². The third kappa shape index (κ3) is 1.65. The number of pyridine rings is 1. The highest BCUT2D eigenvalue weighted by Gasteiger charge is 2.25. The number of aromatic nitrogens is 1. The lowest BCUT2D eigenvalue weighted by molar-refractivity contribution is 0.0945. The van der Waals surface area contributed by atoms with E-state index in [2.05, 4.69) is 10.3 Å². The van der Waals surface area contributed by atoms with Crippen molar-refractivity contribution in [1.82, 2.24) is 10.3 Å². The highest BCUT2D eigenvalue weighted by molar-refractivity contribution is 6.00. The van der Waals surface area contributed by atoms with E-state index in [0.717, 1.165) is 6.20 Å². The average Bonchev–Trinajstić information content (AvgIpc) is 2.19. The minimum absolute atomic E-state index is 0.210. The first-order chi connectivity index (χ1) is 7.09. The lowest BCUT2D eigenvalue weighted by atomic mass is 10.1. The van der Waals surface area contributed by atoms with E-state index in [0.29, 0.717) is 18.1 Å². The van der Waals surface area contributed by atoms with Crippen LogP contribution >= 0.6 is 0 Å². The van der Waals surface area contributed by atoms with Crippen LogP contribution in [0.4, 0.5) is 10.2 Å². The molecule has 1 aromatic heterocycles. The van der Waals surface area contributed by atoms with Crippen LogP contribution in [-0.4, -0.2) is 23.6 Å². The summed E-state index contributed by atoms with van der Waals surface area (Å²) < 4.78 is 12.9. The summed E-state index contributed by atoms with van der Waals surface area (Å²) in [7, 11) is 0. The maximum Gasteiger partial charge on any atom is 0.256 e. The van der Waals surface area contributed by atoms with Gasteiger partial charge in [0.25, 0.3) is 5.91 Å². The van der Waals surface area contributed by atoms with E-state index < -0.39 is 5.82 Å². The quantitative estimate of drug-likeness (QED) is 0.754. The van der Waals surface area contributed by atoms with Gasteiger partial charge in [0.05, 0.1) is 18.4 Å². The standard InChI is InChI=1S/C10H12FN3O/c1-6(2)14-5-13-10(15)8-3-7(11)4-12-9(8)14/h3-4,6H,5H2,1-2H3,(H,13,15). The number of halogens is 1. The Balaban J connectivity index is 2.50. The molecule has 2 heterocycles. The molecular weight excluding hydrogens is 197 g/mol. The molecule has 1 aliphatic rings. The number of fused-ring (bicyclic) bond motifs is 1. The Labute approximate surface area is 87.1 Å². The van der Waals surface area contributed by atoms with Crippen molar-refractivity contribution in [2.75, 3.05) is 11.6 Å². The largest absolute Gasteiger partial charge is 0.336 e. The van der Waals surface area contributed by atoms with E-state index >= 15 is 0 Å². The highest BCUT2D eigenvalue weighted by atomic mass is 19.1. The van der Waals surface area contributed by atoms with E-state index in [-0.39, 0.29) is 11.9 Å². The number of anilines is 1. The Morgan fingerprint density at radius 3 is 3.00 bits per heavy atom. The number of carbonyl (C=O) groups is 1. The Morgan fingerprint density at radius 1 is 1.60 bits per heavy atom. The summed E-state index contributed by atoms with van der Waals surface area (Å²) >= 11 is 0. The zero-order valence-corrected chi connectivity index (χ0v) is 8.62. The molecule has 1 N–H and O–H groups in total. The van der Waals surface area contributed by atoms with Gasteiger partial charge >= 0.3 is 0 Å². The van der Waals surface area contributed by atoms with Crippen LogP contribution in [0.5, 0.6) is 0 Å². The second-order valence-corrected chi connectivity index (χ2v) is 3.75.